The van der Waals surface area contributed by atoms with E-state index in [4.69, 9.17) is 10.5 Å². The van der Waals surface area contributed by atoms with E-state index in [0.717, 1.165) is 0 Å². The highest BCUT2D eigenvalue weighted by Crippen LogP contribution is 2.19. The van der Waals surface area contributed by atoms with E-state index in [-0.39, 0.29) is 0 Å². The molecule has 1 rings (SSSR count). The van der Waals surface area contributed by atoms with E-state index in [1.165, 1.54) is 0 Å². The van der Waals surface area contributed by atoms with Gasteiger partial charge in [-0.2, -0.15) is 0 Å². The van der Waals surface area contributed by atoms with Crippen molar-refractivity contribution in [1.82, 2.24) is 0 Å². The molecular weight excluding hydrogens is 230 g/mol. The number of carbonyl (C=O) groups is 1. The largest absolute Gasteiger partial charge is 0.430 e. The molecule has 0 fully saturated rings. The molecule has 1 aromatic carbocycles. The third kappa shape index (κ3) is 4.13. The molecule has 4 heteroatoms. The lowest BCUT2D eigenvalue weighted by Crippen LogP contribution is -2.51. The molecule has 0 aromatic heterocycles. The maximum absolute atomic E-state index is 11.7. The number of hydrogen-bond donors (Lipinski definition) is 2. The SMILES string of the molecule is CC(C)C[C@](C)(N)C(O)OC(=O)c1ccccc1. The predicted molar refractivity (Wildman–Crippen MR) is 69.9 cm³/mol. The Hall–Kier alpha value is -1.39. The van der Waals surface area contributed by atoms with Crippen molar-refractivity contribution in [3.05, 3.63) is 35.9 Å². The molecule has 100 valence electrons. The number of ether oxygens (including phenoxy) is 1. The first kappa shape index (κ1) is 14.7. The van der Waals surface area contributed by atoms with Crippen molar-refractivity contribution in [3.8, 4) is 0 Å². The Morgan fingerprint density at radius 3 is 2.44 bits per heavy atom. The van der Waals surface area contributed by atoms with Crippen molar-refractivity contribution in [2.75, 3.05) is 0 Å². The van der Waals surface area contributed by atoms with Crippen molar-refractivity contribution in [2.45, 2.75) is 39.0 Å². The molecule has 0 heterocycles. The van der Waals surface area contributed by atoms with Crippen LogP contribution in [0.3, 0.4) is 0 Å². The summed E-state index contributed by atoms with van der Waals surface area (Å²) in [5.74, 6) is -0.256. The third-order valence-corrected chi connectivity index (χ3v) is 2.64. The van der Waals surface area contributed by atoms with Gasteiger partial charge in [-0.3, -0.25) is 0 Å². The van der Waals surface area contributed by atoms with Crippen LogP contribution in [0.15, 0.2) is 30.3 Å². The molecule has 1 unspecified atom stereocenters. The molecular formula is C14H21NO3. The zero-order chi connectivity index (χ0) is 13.8. The Morgan fingerprint density at radius 2 is 1.94 bits per heavy atom. The minimum Gasteiger partial charge on any atom is -0.430 e. The van der Waals surface area contributed by atoms with Gasteiger partial charge in [-0.25, -0.2) is 4.79 Å². The number of benzene rings is 1. The number of nitrogens with two attached hydrogens (primary N) is 1. The number of aliphatic hydroxyl groups excluding tert-OH is 1. The van der Waals surface area contributed by atoms with Gasteiger partial charge in [0.15, 0.2) is 0 Å². The summed E-state index contributed by atoms with van der Waals surface area (Å²) in [4.78, 5) is 11.7. The van der Waals surface area contributed by atoms with Crippen LogP contribution in [0.25, 0.3) is 0 Å². The van der Waals surface area contributed by atoms with Crippen molar-refractivity contribution < 1.29 is 14.6 Å². The molecule has 0 aliphatic rings. The van der Waals surface area contributed by atoms with Crippen LogP contribution in [0.5, 0.6) is 0 Å². The summed E-state index contributed by atoms with van der Waals surface area (Å²) in [6.45, 7) is 5.67. The fourth-order valence-electron chi connectivity index (χ4n) is 1.86. The first-order chi connectivity index (χ1) is 8.33. The van der Waals surface area contributed by atoms with Crippen LogP contribution < -0.4 is 5.73 Å². The maximum atomic E-state index is 11.7. The van der Waals surface area contributed by atoms with Gasteiger partial charge in [0.05, 0.1) is 11.1 Å². The Bertz CT molecular complexity index is 387. The fraction of sp³-hybridized carbons (Fsp3) is 0.500. The van der Waals surface area contributed by atoms with E-state index >= 15 is 0 Å². The molecule has 18 heavy (non-hydrogen) atoms. The number of esters is 1. The number of rotatable bonds is 5. The molecule has 4 nitrogen and oxygen atoms in total. The van der Waals surface area contributed by atoms with Gasteiger partial charge in [0.1, 0.15) is 0 Å². The van der Waals surface area contributed by atoms with Gasteiger partial charge in [-0.1, -0.05) is 32.0 Å². The minimum atomic E-state index is -1.31. The van der Waals surface area contributed by atoms with Crippen molar-refractivity contribution in [3.63, 3.8) is 0 Å². The van der Waals surface area contributed by atoms with Crippen LogP contribution in [0, 0.1) is 5.92 Å². The van der Waals surface area contributed by atoms with Crippen LogP contribution in [-0.4, -0.2) is 22.9 Å². The average Bonchev–Trinajstić information content (AvgIpc) is 2.28. The average molecular weight is 251 g/mol. The van der Waals surface area contributed by atoms with E-state index in [1.54, 1.807) is 37.3 Å². The van der Waals surface area contributed by atoms with Gasteiger partial charge in [-0.15, -0.1) is 0 Å². The smallest absolute Gasteiger partial charge is 0.340 e. The van der Waals surface area contributed by atoms with Crippen molar-refractivity contribution >= 4 is 5.97 Å². The Labute approximate surface area is 108 Å². The molecule has 0 aliphatic carbocycles. The van der Waals surface area contributed by atoms with Gasteiger partial charge in [0.2, 0.25) is 6.29 Å². The third-order valence-electron chi connectivity index (χ3n) is 2.64. The first-order valence-electron chi connectivity index (χ1n) is 6.06. The fourth-order valence-corrected chi connectivity index (χ4v) is 1.86. The summed E-state index contributed by atoms with van der Waals surface area (Å²) in [6.07, 6.45) is -0.747. The van der Waals surface area contributed by atoms with Crippen LogP contribution >= 0.6 is 0 Å². The topological polar surface area (TPSA) is 72.6 Å². The lowest BCUT2D eigenvalue weighted by molar-refractivity contribution is -0.108. The maximum Gasteiger partial charge on any atom is 0.340 e. The number of carbonyl (C=O) groups excluding carboxylic acids is 1. The van der Waals surface area contributed by atoms with Gasteiger partial charge in [-0.05, 0) is 31.4 Å². The summed E-state index contributed by atoms with van der Waals surface area (Å²) in [7, 11) is 0. The van der Waals surface area contributed by atoms with Crippen molar-refractivity contribution in [1.29, 1.82) is 0 Å². The molecule has 3 N–H and O–H groups in total. The van der Waals surface area contributed by atoms with E-state index in [1.807, 2.05) is 13.8 Å². The first-order valence-corrected chi connectivity index (χ1v) is 6.06. The van der Waals surface area contributed by atoms with Crippen molar-refractivity contribution in [2.24, 2.45) is 11.7 Å². The highest BCUT2D eigenvalue weighted by atomic mass is 16.6. The van der Waals surface area contributed by atoms with E-state index in [0.29, 0.717) is 17.9 Å². The lowest BCUT2D eigenvalue weighted by atomic mass is 9.91. The van der Waals surface area contributed by atoms with Crippen LogP contribution in [-0.2, 0) is 4.74 Å². The summed E-state index contributed by atoms with van der Waals surface area (Å²) >= 11 is 0. The van der Waals surface area contributed by atoms with Crippen LogP contribution in [0.2, 0.25) is 0 Å². The number of hydrogen-bond acceptors (Lipinski definition) is 4. The monoisotopic (exact) mass is 251 g/mol. The lowest BCUT2D eigenvalue weighted by Gasteiger charge is -2.31. The molecule has 0 amide bonds. The molecule has 0 aliphatic heterocycles. The van der Waals surface area contributed by atoms with Crippen LogP contribution in [0.4, 0.5) is 0 Å². The summed E-state index contributed by atoms with van der Waals surface area (Å²) in [5.41, 5.74) is 5.41. The molecule has 0 saturated heterocycles. The normalized spacial score (nSPS) is 16.1. The highest BCUT2D eigenvalue weighted by molar-refractivity contribution is 5.89. The van der Waals surface area contributed by atoms with E-state index in [2.05, 4.69) is 0 Å². The standard InChI is InChI=1S/C14H21NO3/c1-10(2)9-14(3,15)13(17)18-12(16)11-7-5-4-6-8-11/h4-8,10,13,17H,9,15H2,1-3H3/t13?,14-/m0/s1. The summed E-state index contributed by atoms with van der Waals surface area (Å²) in [5, 5.41) is 9.89. The Balaban J connectivity index is 2.65. The zero-order valence-corrected chi connectivity index (χ0v) is 11.1. The Morgan fingerprint density at radius 1 is 1.39 bits per heavy atom. The summed E-state index contributed by atoms with van der Waals surface area (Å²) in [6, 6.07) is 8.53. The van der Waals surface area contributed by atoms with Gasteiger partial charge < -0.3 is 15.6 Å². The minimum absolute atomic E-state index is 0.310. The second-order valence-electron chi connectivity index (χ2n) is 5.23. The van der Waals surface area contributed by atoms with E-state index < -0.39 is 17.8 Å². The summed E-state index contributed by atoms with van der Waals surface area (Å²) < 4.78 is 4.99. The Kier molecular flexibility index (Phi) is 4.87. The van der Waals surface area contributed by atoms with Gasteiger partial charge >= 0.3 is 5.97 Å². The molecule has 0 saturated carbocycles. The van der Waals surface area contributed by atoms with Crippen LogP contribution in [0.1, 0.15) is 37.6 Å². The van der Waals surface area contributed by atoms with E-state index in [9.17, 15) is 9.90 Å². The second kappa shape index (κ2) is 5.98. The number of aliphatic hydroxyl groups is 1. The predicted octanol–water partition coefficient (Wildman–Crippen LogP) is 1.93. The van der Waals surface area contributed by atoms with Gasteiger partial charge in [0.25, 0.3) is 0 Å². The van der Waals surface area contributed by atoms with Gasteiger partial charge in [0, 0.05) is 0 Å². The highest BCUT2D eigenvalue weighted by Gasteiger charge is 2.32. The molecule has 1 aromatic rings. The molecule has 2 atom stereocenters. The molecule has 0 radical (unpaired) electrons. The molecule has 0 spiro atoms. The quantitative estimate of drug-likeness (QED) is 0.619. The zero-order valence-electron chi connectivity index (χ0n) is 11.1. The molecule has 0 bridgehead atoms. The second-order valence-corrected chi connectivity index (χ2v) is 5.23.